The molecule has 0 fully saturated rings. The molecule has 0 saturated heterocycles. The molecule has 1 aliphatic rings. The zero-order chi connectivity index (χ0) is 11.8. The topological polar surface area (TPSA) is 33.3 Å². The zero-order valence-corrected chi connectivity index (χ0v) is 10.4. The lowest BCUT2D eigenvalue weighted by atomic mass is 10.0. The van der Waals surface area contributed by atoms with Gasteiger partial charge in [-0.25, -0.2) is 0 Å². The van der Waals surface area contributed by atoms with Gasteiger partial charge < -0.3 is 15.4 Å². The molecule has 0 aromatic heterocycles. The predicted molar refractivity (Wildman–Crippen MR) is 68.4 cm³/mol. The van der Waals surface area contributed by atoms with E-state index in [0.717, 1.165) is 23.7 Å². The van der Waals surface area contributed by atoms with Gasteiger partial charge in [-0.3, -0.25) is 0 Å². The van der Waals surface area contributed by atoms with Crippen LogP contribution >= 0.6 is 0 Å². The molecule has 3 nitrogen and oxygen atoms in total. The van der Waals surface area contributed by atoms with E-state index in [1.54, 1.807) is 0 Å². The van der Waals surface area contributed by atoms with Crippen LogP contribution in [-0.4, -0.2) is 18.2 Å². The number of benzene rings is 1. The van der Waals surface area contributed by atoms with Crippen molar-refractivity contribution in [2.24, 2.45) is 0 Å². The van der Waals surface area contributed by atoms with Crippen molar-refractivity contribution >= 4 is 11.4 Å². The Morgan fingerprint density at radius 2 is 2.06 bits per heavy atom. The van der Waals surface area contributed by atoms with Gasteiger partial charge in [-0.05, 0) is 39.8 Å². The maximum absolute atomic E-state index is 5.78. The molecule has 1 aliphatic heterocycles. The van der Waals surface area contributed by atoms with E-state index < -0.39 is 0 Å². The summed E-state index contributed by atoms with van der Waals surface area (Å²) in [7, 11) is 0. The molecule has 88 valence electrons. The van der Waals surface area contributed by atoms with Gasteiger partial charge in [0.1, 0.15) is 11.4 Å². The number of ether oxygens (including phenoxy) is 1. The standard InChI is InChI=1S/C13H20N2O/c1-9(2)16-11-7-5-6-10-12(11)14-8-13(3,4)15-10/h5-7,9,14-15H,8H2,1-4H3. The van der Waals surface area contributed by atoms with E-state index in [-0.39, 0.29) is 11.6 Å². The van der Waals surface area contributed by atoms with Crippen LogP contribution < -0.4 is 15.4 Å². The molecule has 0 radical (unpaired) electrons. The summed E-state index contributed by atoms with van der Waals surface area (Å²) in [6, 6.07) is 6.11. The van der Waals surface area contributed by atoms with Gasteiger partial charge in [0.05, 0.1) is 11.8 Å². The zero-order valence-electron chi connectivity index (χ0n) is 10.4. The number of rotatable bonds is 2. The first kappa shape index (κ1) is 11.1. The van der Waals surface area contributed by atoms with Crippen molar-refractivity contribution in [1.82, 2.24) is 0 Å². The van der Waals surface area contributed by atoms with Crippen LogP contribution in [0.2, 0.25) is 0 Å². The van der Waals surface area contributed by atoms with Gasteiger partial charge in [0, 0.05) is 12.1 Å². The van der Waals surface area contributed by atoms with Crippen molar-refractivity contribution < 1.29 is 4.74 Å². The minimum Gasteiger partial charge on any atom is -0.489 e. The van der Waals surface area contributed by atoms with Crippen LogP contribution in [0.1, 0.15) is 27.7 Å². The molecule has 1 aromatic carbocycles. The van der Waals surface area contributed by atoms with Crippen LogP contribution in [0.25, 0.3) is 0 Å². The second-order valence-electron chi connectivity index (χ2n) is 5.21. The van der Waals surface area contributed by atoms with Gasteiger partial charge in [-0.2, -0.15) is 0 Å². The smallest absolute Gasteiger partial charge is 0.144 e. The van der Waals surface area contributed by atoms with Gasteiger partial charge in [0.25, 0.3) is 0 Å². The highest BCUT2D eigenvalue weighted by atomic mass is 16.5. The average Bonchev–Trinajstić information content (AvgIpc) is 2.15. The highest BCUT2D eigenvalue weighted by Gasteiger charge is 2.25. The maximum Gasteiger partial charge on any atom is 0.144 e. The van der Waals surface area contributed by atoms with Gasteiger partial charge in [-0.1, -0.05) is 6.07 Å². The molecule has 0 amide bonds. The summed E-state index contributed by atoms with van der Waals surface area (Å²) in [5.74, 6) is 0.926. The molecule has 0 bridgehead atoms. The lowest BCUT2D eigenvalue weighted by molar-refractivity contribution is 0.243. The first-order valence-corrected chi connectivity index (χ1v) is 5.80. The van der Waals surface area contributed by atoms with Crippen LogP contribution in [0.15, 0.2) is 18.2 Å². The molecule has 1 heterocycles. The van der Waals surface area contributed by atoms with Crippen molar-refractivity contribution in [3.63, 3.8) is 0 Å². The van der Waals surface area contributed by atoms with Gasteiger partial charge in [-0.15, -0.1) is 0 Å². The molecule has 2 N–H and O–H groups in total. The lowest BCUT2D eigenvalue weighted by Crippen LogP contribution is -2.42. The number of hydrogen-bond donors (Lipinski definition) is 2. The van der Waals surface area contributed by atoms with Gasteiger partial charge in [0.2, 0.25) is 0 Å². The van der Waals surface area contributed by atoms with Crippen molar-refractivity contribution in [1.29, 1.82) is 0 Å². The minimum atomic E-state index is 0.0868. The summed E-state index contributed by atoms with van der Waals surface area (Å²) in [4.78, 5) is 0. The molecule has 0 atom stereocenters. The van der Waals surface area contributed by atoms with Crippen LogP contribution in [0.3, 0.4) is 0 Å². The molecular weight excluding hydrogens is 200 g/mol. The van der Waals surface area contributed by atoms with Crippen LogP contribution in [0.5, 0.6) is 5.75 Å². The first-order chi connectivity index (χ1) is 7.48. The van der Waals surface area contributed by atoms with Crippen LogP contribution in [0.4, 0.5) is 11.4 Å². The Labute approximate surface area is 97.2 Å². The second kappa shape index (κ2) is 3.89. The summed E-state index contributed by atoms with van der Waals surface area (Å²) in [5.41, 5.74) is 2.29. The number of anilines is 2. The third-order valence-electron chi connectivity index (χ3n) is 2.57. The number of hydrogen-bond acceptors (Lipinski definition) is 3. The third kappa shape index (κ3) is 2.23. The average molecular weight is 220 g/mol. The van der Waals surface area contributed by atoms with Crippen molar-refractivity contribution in [3.8, 4) is 5.75 Å². The second-order valence-corrected chi connectivity index (χ2v) is 5.21. The molecule has 16 heavy (non-hydrogen) atoms. The molecule has 0 spiro atoms. The molecule has 1 aromatic rings. The largest absolute Gasteiger partial charge is 0.489 e. The van der Waals surface area contributed by atoms with Gasteiger partial charge in [0.15, 0.2) is 0 Å². The number of nitrogens with one attached hydrogen (secondary N) is 2. The SMILES string of the molecule is CC(C)Oc1cccc2c1NCC(C)(C)N2. The molecule has 2 rings (SSSR count). The summed E-state index contributed by atoms with van der Waals surface area (Å²) < 4.78 is 5.78. The molecular formula is C13H20N2O. The molecule has 3 heteroatoms. The van der Waals surface area contributed by atoms with E-state index in [2.05, 4.69) is 30.5 Å². The maximum atomic E-state index is 5.78. The van der Waals surface area contributed by atoms with Crippen LogP contribution in [0, 0.1) is 0 Å². The summed E-state index contributed by atoms with van der Waals surface area (Å²) in [5, 5.41) is 6.95. The lowest BCUT2D eigenvalue weighted by Gasteiger charge is -2.35. The van der Waals surface area contributed by atoms with E-state index in [4.69, 9.17) is 4.74 Å². The van der Waals surface area contributed by atoms with E-state index in [1.807, 2.05) is 26.0 Å². The Morgan fingerprint density at radius 3 is 2.75 bits per heavy atom. The quantitative estimate of drug-likeness (QED) is 0.803. The van der Waals surface area contributed by atoms with Crippen molar-refractivity contribution in [2.45, 2.75) is 39.3 Å². The Bertz CT molecular complexity index is 371. The first-order valence-electron chi connectivity index (χ1n) is 5.80. The van der Waals surface area contributed by atoms with Gasteiger partial charge >= 0.3 is 0 Å². The Balaban J connectivity index is 2.31. The van der Waals surface area contributed by atoms with Crippen LogP contribution in [-0.2, 0) is 0 Å². The molecule has 0 saturated carbocycles. The normalized spacial score (nSPS) is 17.3. The Hall–Kier alpha value is -1.38. The fourth-order valence-corrected chi connectivity index (χ4v) is 1.89. The van der Waals surface area contributed by atoms with Crippen molar-refractivity contribution in [3.05, 3.63) is 18.2 Å². The summed E-state index contributed by atoms with van der Waals surface area (Å²) in [6.45, 7) is 9.34. The Kier molecular flexibility index (Phi) is 2.70. The predicted octanol–water partition coefficient (Wildman–Crippen LogP) is 3.09. The van der Waals surface area contributed by atoms with E-state index in [0.29, 0.717) is 0 Å². The molecule has 0 aliphatic carbocycles. The van der Waals surface area contributed by atoms with E-state index in [9.17, 15) is 0 Å². The summed E-state index contributed by atoms with van der Waals surface area (Å²) >= 11 is 0. The summed E-state index contributed by atoms with van der Waals surface area (Å²) in [6.07, 6.45) is 0.197. The fourth-order valence-electron chi connectivity index (χ4n) is 1.89. The number of para-hydroxylation sites is 1. The minimum absolute atomic E-state index is 0.0868. The van der Waals surface area contributed by atoms with E-state index >= 15 is 0 Å². The highest BCUT2D eigenvalue weighted by Crippen LogP contribution is 2.37. The fraction of sp³-hybridized carbons (Fsp3) is 0.538. The highest BCUT2D eigenvalue weighted by molar-refractivity contribution is 5.78. The monoisotopic (exact) mass is 220 g/mol. The number of fused-ring (bicyclic) bond motifs is 1. The van der Waals surface area contributed by atoms with Crippen molar-refractivity contribution in [2.75, 3.05) is 17.2 Å². The third-order valence-corrected chi connectivity index (χ3v) is 2.57. The molecule has 0 unspecified atom stereocenters. The van der Waals surface area contributed by atoms with E-state index in [1.165, 1.54) is 0 Å². The Morgan fingerprint density at radius 1 is 1.31 bits per heavy atom.